The van der Waals surface area contributed by atoms with Crippen molar-refractivity contribution < 1.29 is 18.7 Å². The number of esters is 2. The second-order valence-corrected chi connectivity index (χ2v) is 2.84. The highest BCUT2D eigenvalue weighted by molar-refractivity contribution is 5.89. The number of alkyl halides is 1. The third-order valence-electron chi connectivity index (χ3n) is 1.67. The molecule has 0 saturated carbocycles. The summed E-state index contributed by atoms with van der Waals surface area (Å²) in [6, 6.07) is -1.41. The highest BCUT2D eigenvalue weighted by Gasteiger charge is 2.26. The first-order valence-corrected chi connectivity index (χ1v) is 4.61. The second-order valence-electron chi connectivity index (χ2n) is 2.84. The van der Waals surface area contributed by atoms with Gasteiger partial charge in [-0.05, 0) is 19.6 Å². The molecule has 15 heavy (non-hydrogen) atoms. The molecule has 86 valence electrons. The van der Waals surface area contributed by atoms with Gasteiger partial charge in [0.05, 0.1) is 0 Å². The molecule has 0 aromatic carbocycles. The number of hydrogen-bond acceptors (Lipinski definition) is 5. The summed E-state index contributed by atoms with van der Waals surface area (Å²) in [4.78, 5) is 25.5. The van der Waals surface area contributed by atoms with Gasteiger partial charge in [-0.15, -0.1) is 0 Å². The average Bonchev–Trinajstić information content (AvgIpc) is 2.23. The Hall–Kier alpha value is -1.30. The van der Waals surface area contributed by atoms with Gasteiger partial charge >= 0.3 is 11.9 Å². The van der Waals surface area contributed by atoms with E-state index in [4.69, 9.17) is 5.73 Å². The lowest BCUT2D eigenvalue weighted by molar-refractivity contribution is -0.160. The maximum Gasteiger partial charge on any atom is 0.335 e. The zero-order chi connectivity index (χ0) is 11.8. The SMILES string of the molecule is CC=NCC(=O)OC(=O)[C@H](N)C(F)CC. The molecule has 0 bridgehead atoms. The molecule has 0 rings (SSSR count). The lowest BCUT2D eigenvalue weighted by atomic mass is 10.1. The third kappa shape index (κ3) is 5.21. The van der Waals surface area contributed by atoms with Crippen molar-refractivity contribution in [3.05, 3.63) is 0 Å². The second kappa shape index (κ2) is 7.05. The summed E-state index contributed by atoms with van der Waals surface area (Å²) in [5.41, 5.74) is 5.21. The Morgan fingerprint density at radius 2 is 2.20 bits per heavy atom. The number of nitrogens with two attached hydrogens (primary N) is 1. The molecule has 0 heterocycles. The number of halogens is 1. The maximum atomic E-state index is 12.9. The van der Waals surface area contributed by atoms with Gasteiger partial charge < -0.3 is 10.5 Å². The van der Waals surface area contributed by atoms with Gasteiger partial charge in [0, 0.05) is 0 Å². The molecule has 0 radical (unpaired) electrons. The number of hydrogen-bond donors (Lipinski definition) is 1. The van der Waals surface area contributed by atoms with Crippen molar-refractivity contribution in [2.24, 2.45) is 10.7 Å². The molecular weight excluding hydrogens is 203 g/mol. The van der Waals surface area contributed by atoms with Crippen molar-refractivity contribution in [2.75, 3.05) is 6.54 Å². The van der Waals surface area contributed by atoms with Crippen molar-refractivity contribution >= 4 is 18.2 Å². The number of carbonyl (C=O) groups is 2. The first-order valence-electron chi connectivity index (χ1n) is 4.61. The van der Waals surface area contributed by atoms with Gasteiger partial charge in [0.25, 0.3) is 0 Å². The smallest absolute Gasteiger partial charge is 0.335 e. The minimum atomic E-state index is -1.50. The van der Waals surface area contributed by atoms with Crippen LogP contribution in [0, 0.1) is 0 Å². The number of carbonyl (C=O) groups excluding carboxylic acids is 2. The Balaban J connectivity index is 4.07. The van der Waals surface area contributed by atoms with Gasteiger partial charge in [-0.1, -0.05) is 6.92 Å². The molecule has 2 atom stereocenters. The Morgan fingerprint density at radius 1 is 1.60 bits per heavy atom. The minimum absolute atomic E-state index is 0.0948. The van der Waals surface area contributed by atoms with Crippen LogP contribution in [0.15, 0.2) is 4.99 Å². The van der Waals surface area contributed by atoms with E-state index in [2.05, 4.69) is 9.73 Å². The van der Waals surface area contributed by atoms with Crippen molar-refractivity contribution in [2.45, 2.75) is 32.5 Å². The molecule has 0 aliphatic carbocycles. The van der Waals surface area contributed by atoms with Gasteiger partial charge in [0.2, 0.25) is 0 Å². The van der Waals surface area contributed by atoms with Crippen molar-refractivity contribution in [1.82, 2.24) is 0 Å². The predicted octanol–water partition coefficient (Wildman–Crippen LogP) is 0.222. The van der Waals surface area contributed by atoms with Gasteiger partial charge in [-0.2, -0.15) is 0 Å². The van der Waals surface area contributed by atoms with E-state index < -0.39 is 24.2 Å². The quantitative estimate of drug-likeness (QED) is 0.406. The van der Waals surface area contributed by atoms with Crippen LogP contribution in [0.1, 0.15) is 20.3 Å². The first-order chi connectivity index (χ1) is 7.02. The fourth-order valence-corrected chi connectivity index (χ4v) is 0.780. The van der Waals surface area contributed by atoms with Crippen LogP contribution in [-0.2, 0) is 14.3 Å². The van der Waals surface area contributed by atoms with Crippen LogP contribution in [0.2, 0.25) is 0 Å². The Morgan fingerprint density at radius 3 is 2.67 bits per heavy atom. The van der Waals surface area contributed by atoms with Crippen LogP contribution in [0.5, 0.6) is 0 Å². The van der Waals surface area contributed by atoms with Gasteiger partial charge in [0.1, 0.15) is 18.8 Å². The van der Waals surface area contributed by atoms with Crippen LogP contribution >= 0.6 is 0 Å². The normalized spacial score (nSPS) is 14.9. The Labute approximate surface area is 87.5 Å². The summed E-state index contributed by atoms with van der Waals surface area (Å²) in [5.74, 6) is -1.89. The van der Waals surface area contributed by atoms with E-state index in [1.165, 1.54) is 6.21 Å². The molecule has 0 spiro atoms. The van der Waals surface area contributed by atoms with E-state index in [0.29, 0.717) is 0 Å². The van der Waals surface area contributed by atoms with E-state index in [1.807, 2.05) is 0 Å². The predicted molar refractivity (Wildman–Crippen MR) is 53.3 cm³/mol. The average molecular weight is 218 g/mol. The van der Waals surface area contributed by atoms with Gasteiger partial charge in [-0.25, -0.2) is 14.0 Å². The lowest BCUT2D eigenvalue weighted by Crippen LogP contribution is -2.41. The Kier molecular flexibility index (Phi) is 6.44. The van der Waals surface area contributed by atoms with Gasteiger partial charge in [-0.3, -0.25) is 4.99 Å². The van der Waals surface area contributed by atoms with Crippen molar-refractivity contribution in [3.8, 4) is 0 Å². The van der Waals surface area contributed by atoms with Crippen LogP contribution < -0.4 is 5.73 Å². The van der Waals surface area contributed by atoms with Crippen LogP contribution in [0.4, 0.5) is 4.39 Å². The van der Waals surface area contributed by atoms with Crippen LogP contribution in [0.3, 0.4) is 0 Å². The highest BCUT2D eigenvalue weighted by atomic mass is 19.1. The summed E-state index contributed by atoms with van der Waals surface area (Å²) in [6.07, 6.45) is -0.00673. The molecule has 5 nitrogen and oxygen atoms in total. The zero-order valence-electron chi connectivity index (χ0n) is 8.77. The number of rotatable bonds is 5. The molecule has 0 fully saturated rings. The largest absolute Gasteiger partial charge is 0.391 e. The Bertz CT molecular complexity index is 256. The maximum absolute atomic E-state index is 12.9. The summed E-state index contributed by atoms with van der Waals surface area (Å²) < 4.78 is 17.2. The van der Waals surface area contributed by atoms with E-state index >= 15 is 0 Å². The van der Waals surface area contributed by atoms with E-state index in [1.54, 1.807) is 13.8 Å². The first kappa shape index (κ1) is 13.7. The molecule has 1 unspecified atom stereocenters. The minimum Gasteiger partial charge on any atom is -0.391 e. The summed E-state index contributed by atoms with van der Waals surface area (Å²) in [7, 11) is 0. The van der Waals surface area contributed by atoms with Crippen molar-refractivity contribution in [3.63, 3.8) is 0 Å². The van der Waals surface area contributed by atoms with Crippen LogP contribution in [0.25, 0.3) is 0 Å². The number of aliphatic imine (C=N–C) groups is 1. The van der Waals surface area contributed by atoms with E-state index in [0.717, 1.165) is 0 Å². The van der Waals surface area contributed by atoms with Crippen molar-refractivity contribution in [1.29, 1.82) is 0 Å². The number of ether oxygens (including phenoxy) is 1. The van der Waals surface area contributed by atoms with E-state index in [9.17, 15) is 14.0 Å². The molecule has 0 aromatic rings. The molecule has 0 saturated heterocycles. The van der Waals surface area contributed by atoms with E-state index in [-0.39, 0.29) is 13.0 Å². The molecular formula is C9H15FN2O3. The van der Waals surface area contributed by atoms with Crippen LogP contribution in [-0.4, -0.2) is 36.9 Å². The topological polar surface area (TPSA) is 81.8 Å². The highest BCUT2D eigenvalue weighted by Crippen LogP contribution is 2.03. The third-order valence-corrected chi connectivity index (χ3v) is 1.67. The lowest BCUT2D eigenvalue weighted by Gasteiger charge is -2.12. The fourth-order valence-electron chi connectivity index (χ4n) is 0.780. The molecule has 0 aliphatic heterocycles. The fraction of sp³-hybridized carbons (Fsp3) is 0.667. The summed E-state index contributed by atoms with van der Waals surface area (Å²) in [5, 5.41) is 0. The summed E-state index contributed by atoms with van der Waals surface area (Å²) >= 11 is 0. The molecule has 0 aromatic heterocycles. The standard InChI is InChI=1S/C9H15FN2O3/c1-3-6(10)8(11)9(14)15-7(13)5-12-4-2/h4,6,8H,3,5,11H2,1-2H3/t6?,8-/m1/s1. The number of nitrogens with zero attached hydrogens (tertiary/aromatic N) is 1. The molecule has 0 amide bonds. The van der Waals surface area contributed by atoms with Gasteiger partial charge in [0.15, 0.2) is 0 Å². The molecule has 0 aliphatic rings. The monoisotopic (exact) mass is 218 g/mol. The summed E-state index contributed by atoms with van der Waals surface area (Å²) in [6.45, 7) is 2.90. The zero-order valence-corrected chi connectivity index (χ0v) is 8.77. The molecule has 2 N–H and O–H groups in total. The molecule has 6 heteroatoms.